The maximum atomic E-state index is 11.3. The maximum absolute atomic E-state index is 11.3. The number of hydrogen-bond donors (Lipinski definition) is 2. The van der Waals surface area contributed by atoms with Crippen molar-refractivity contribution in [2.45, 2.75) is 123 Å². The van der Waals surface area contributed by atoms with E-state index in [1.165, 1.54) is 84.0 Å². The lowest BCUT2D eigenvalue weighted by Gasteiger charge is -2.18. The van der Waals surface area contributed by atoms with Crippen LogP contribution in [0.25, 0.3) is 0 Å². The van der Waals surface area contributed by atoms with E-state index < -0.39 is 8.60 Å². The van der Waals surface area contributed by atoms with Crippen molar-refractivity contribution >= 4 is 14.6 Å². The maximum Gasteiger partial charge on any atom is 0.329 e. The summed E-state index contributed by atoms with van der Waals surface area (Å²) in [6.07, 6.45) is 19.7. The fraction of sp³-hybridized carbons (Fsp3) is 0.958. The Labute approximate surface area is 193 Å². The highest BCUT2D eigenvalue weighted by Crippen LogP contribution is 2.33. The molecule has 2 N–H and O–H groups in total. The van der Waals surface area contributed by atoms with Crippen LogP contribution >= 0.6 is 8.60 Å². The highest BCUT2D eigenvalue weighted by atomic mass is 31.2. The van der Waals surface area contributed by atoms with Gasteiger partial charge in [0.1, 0.15) is 6.10 Å². The molecule has 186 valence electrons. The van der Waals surface area contributed by atoms with Crippen LogP contribution in [0.1, 0.15) is 117 Å². The quantitative estimate of drug-likeness (QED) is 0.0948. The summed E-state index contributed by atoms with van der Waals surface area (Å²) in [5.41, 5.74) is 0. The monoisotopic (exact) mass is 463 g/mol. The summed E-state index contributed by atoms with van der Waals surface area (Å²) < 4.78 is 15.9. The Hall–Kier alpha value is -0.260. The van der Waals surface area contributed by atoms with Gasteiger partial charge in [0.05, 0.1) is 13.2 Å². The van der Waals surface area contributed by atoms with Crippen molar-refractivity contribution in [3.63, 3.8) is 0 Å². The standard InChI is InChI=1S/C24H50NO5P/c1-4-5-6-7-8-9-10-11-12-13-14-15-16-17-19-24(30-23(2)26)22-29-31(27)28-21-18-20-25-3/h24-25,27H,4-22H2,1-3H3. The summed E-state index contributed by atoms with van der Waals surface area (Å²) in [6.45, 7) is 5.14. The molecule has 0 amide bonds. The average molecular weight is 464 g/mol. The van der Waals surface area contributed by atoms with Gasteiger partial charge in [0, 0.05) is 6.92 Å². The fourth-order valence-corrected chi connectivity index (χ4v) is 4.21. The van der Waals surface area contributed by atoms with Gasteiger partial charge >= 0.3 is 14.6 Å². The highest BCUT2D eigenvalue weighted by Gasteiger charge is 2.16. The van der Waals surface area contributed by atoms with E-state index in [0.717, 1.165) is 32.2 Å². The average Bonchev–Trinajstić information content (AvgIpc) is 2.74. The number of hydrogen-bond acceptors (Lipinski definition) is 6. The van der Waals surface area contributed by atoms with Crippen molar-refractivity contribution in [2.75, 3.05) is 26.8 Å². The van der Waals surface area contributed by atoms with Crippen molar-refractivity contribution in [3.8, 4) is 0 Å². The second kappa shape index (κ2) is 24.4. The molecule has 0 saturated carbocycles. The lowest BCUT2D eigenvalue weighted by Crippen LogP contribution is -2.21. The molecule has 7 heteroatoms. The van der Waals surface area contributed by atoms with Gasteiger partial charge in [-0.25, -0.2) is 0 Å². The van der Waals surface area contributed by atoms with Crippen LogP contribution in [0.2, 0.25) is 0 Å². The molecule has 0 saturated heterocycles. The molecule has 2 atom stereocenters. The molecule has 0 aliphatic carbocycles. The van der Waals surface area contributed by atoms with Crippen molar-refractivity contribution in [3.05, 3.63) is 0 Å². The van der Waals surface area contributed by atoms with Gasteiger partial charge in [-0.05, 0) is 32.9 Å². The van der Waals surface area contributed by atoms with Gasteiger partial charge in [-0.3, -0.25) is 4.79 Å². The van der Waals surface area contributed by atoms with E-state index >= 15 is 0 Å². The molecule has 6 nitrogen and oxygen atoms in total. The molecule has 0 fully saturated rings. The minimum atomic E-state index is -1.91. The number of unbranched alkanes of at least 4 members (excludes halogenated alkanes) is 13. The Morgan fingerprint density at radius 2 is 1.35 bits per heavy atom. The van der Waals surface area contributed by atoms with Gasteiger partial charge in [0.25, 0.3) is 0 Å². The van der Waals surface area contributed by atoms with E-state index in [-0.39, 0.29) is 18.7 Å². The van der Waals surface area contributed by atoms with Gasteiger partial charge in [-0.15, -0.1) is 0 Å². The number of esters is 1. The van der Waals surface area contributed by atoms with E-state index in [4.69, 9.17) is 13.8 Å². The minimum Gasteiger partial charge on any atom is -0.460 e. The Morgan fingerprint density at radius 1 is 0.839 bits per heavy atom. The molecule has 0 bridgehead atoms. The van der Waals surface area contributed by atoms with Gasteiger partial charge in [0.2, 0.25) is 0 Å². The van der Waals surface area contributed by atoms with Crippen LogP contribution in [-0.2, 0) is 18.6 Å². The lowest BCUT2D eigenvalue weighted by atomic mass is 10.0. The largest absolute Gasteiger partial charge is 0.460 e. The molecule has 0 aromatic carbocycles. The SMILES string of the molecule is CCCCCCCCCCCCCCCCC(COP(O)OCCCNC)OC(C)=O. The predicted molar refractivity (Wildman–Crippen MR) is 130 cm³/mol. The van der Waals surface area contributed by atoms with Crippen LogP contribution in [0.5, 0.6) is 0 Å². The van der Waals surface area contributed by atoms with Gasteiger partial charge in [-0.2, -0.15) is 0 Å². The Bertz CT molecular complexity index is 387. The van der Waals surface area contributed by atoms with Crippen LogP contribution < -0.4 is 5.32 Å². The first-order valence-electron chi connectivity index (χ1n) is 12.7. The van der Waals surface area contributed by atoms with Crippen LogP contribution in [0.4, 0.5) is 0 Å². The number of ether oxygens (including phenoxy) is 1. The summed E-state index contributed by atoms with van der Waals surface area (Å²) >= 11 is 0. The summed E-state index contributed by atoms with van der Waals surface area (Å²) in [5.74, 6) is -0.309. The van der Waals surface area contributed by atoms with Gasteiger partial charge in [-0.1, -0.05) is 90.4 Å². The smallest absolute Gasteiger partial charge is 0.329 e. The molecule has 2 unspecified atom stereocenters. The van der Waals surface area contributed by atoms with Crippen LogP contribution in [0.15, 0.2) is 0 Å². The summed E-state index contributed by atoms with van der Waals surface area (Å²) in [7, 11) is -0.0372. The summed E-state index contributed by atoms with van der Waals surface area (Å²) in [6, 6.07) is 0. The summed E-state index contributed by atoms with van der Waals surface area (Å²) in [5, 5.41) is 3.02. The van der Waals surface area contributed by atoms with E-state index in [0.29, 0.717) is 6.61 Å². The van der Waals surface area contributed by atoms with E-state index in [9.17, 15) is 9.69 Å². The van der Waals surface area contributed by atoms with Crippen LogP contribution in [0, 0.1) is 0 Å². The van der Waals surface area contributed by atoms with Crippen molar-refractivity contribution < 1.29 is 23.5 Å². The van der Waals surface area contributed by atoms with Crippen molar-refractivity contribution in [1.82, 2.24) is 5.32 Å². The topological polar surface area (TPSA) is 77.0 Å². The first-order valence-corrected chi connectivity index (χ1v) is 13.8. The molecule has 0 spiro atoms. The molecule has 0 aliphatic heterocycles. The van der Waals surface area contributed by atoms with E-state index in [2.05, 4.69) is 12.2 Å². The zero-order chi connectivity index (χ0) is 23.0. The van der Waals surface area contributed by atoms with E-state index in [1.807, 2.05) is 7.05 Å². The molecule has 0 aromatic rings. The second-order valence-corrected chi connectivity index (χ2v) is 9.43. The number of nitrogens with one attached hydrogen (secondary N) is 1. The molecule has 0 rings (SSSR count). The van der Waals surface area contributed by atoms with Gasteiger partial charge in [0.15, 0.2) is 0 Å². The molecular formula is C24H50NO5P. The third kappa shape index (κ3) is 24.2. The molecule has 0 radical (unpaired) electrons. The molecular weight excluding hydrogens is 413 g/mol. The third-order valence-corrected chi connectivity index (χ3v) is 6.13. The van der Waals surface area contributed by atoms with Crippen molar-refractivity contribution in [2.24, 2.45) is 0 Å². The van der Waals surface area contributed by atoms with Crippen molar-refractivity contribution in [1.29, 1.82) is 0 Å². The normalized spacial score (nSPS) is 13.3. The molecule has 31 heavy (non-hydrogen) atoms. The second-order valence-electron chi connectivity index (χ2n) is 8.44. The predicted octanol–water partition coefficient (Wildman–Crippen LogP) is 6.65. The third-order valence-electron chi connectivity index (χ3n) is 5.36. The molecule has 0 heterocycles. The zero-order valence-corrected chi connectivity index (χ0v) is 21.4. The van der Waals surface area contributed by atoms with Crippen LogP contribution in [-0.4, -0.2) is 43.8 Å². The Kier molecular flexibility index (Phi) is 24.2. The fourth-order valence-electron chi connectivity index (χ4n) is 3.55. The summed E-state index contributed by atoms with van der Waals surface area (Å²) in [4.78, 5) is 21.1. The molecule has 0 aliphatic rings. The zero-order valence-electron chi connectivity index (χ0n) is 20.5. The highest BCUT2D eigenvalue weighted by molar-refractivity contribution is 7.40. The van der Waals surface area contributed by atoms with Gasteiger partial charge < -0.3 is 24.0 Å². The Morgan fingerprint density at radius 3 is 1.84 bits per heavy atom. The molecule has 0 aromatic heterocycles. The number of carbonyl (C=O) groups excluding carboxylic acids is 1. The number of carbonyl (C=O) groups is 1. The van der Waals surface area contributed by atoms with E-state index in [1.54, 1.807) is 0 Å². The first-order chi connectivity index (χ1) is 15.1. The lowest BCUT2D eigenvalue weighted by molar-refractivity contribution is -0.148. The van der Waals surface area contributed by atoms with Crippen LogP contribution in [0.3, 0.4) is 0 Å². The first kappa shape index (κ1) is 30.7. The number of rotatable bonds is 24. The minimum absolute atomic E-state index is 0.187. The Balaban J connectivity index is 3.62.